The van der Waals surface area contributed by atoms with Crippen LogP contribution in [0.25, 0.3) is 0 Å². The number of hydrogen-bond donors (Lipinski definition) is 1. The van der Waals surface area contributed by atoms with Gasteiger partial charge in [-0.15, -0.1) is 0 Å². The quantitative estimate of drug-likeness (QED) is 0.430. The molecule has 5 rings (SSSR count). The number of fused-ring (bicyclic) bond motifs is 1. The summed E-state index contributed by atoms with van der Waals surface area (Å²) in [5, 5.41) is 13.7. The van der Waals surface area contributed by atoms with Gasteiger partial charge in [-0.3, -0.25) is 4.79 Å². The van der Waals surface area contributed by atoms with Gasteiger partial charge in [-0.05, 0) is 90.1 Å². The summed E-state index contributed by atoms with van der Waals surface area (Å²) >= 11 is 13.0. The highest BCUT2D eigenvalue weighted by atomic mass is 35.5. The minimum absolute atomic E-state index is 0.0868. The zero-order chi connectivity index (χ0) is 24.6. The third kappa shape index (κ3) is 4.29. The van der Waals surface area contributed by atoms with Crippen LogP contribution in [0.4, 0.5) is 0 Å². The van der Waals surface area contributed by atoms with Crippen LogP contribution in [0, 0.1) is 22.7 Å². The second-order valence-electron chi connectivity index (χ2n) is 9.57. The van der Waals surface area contributed by atoms with E-state index in [9.17, 15) is 10.1 Å². The van der Waals surface area contributed by atoms with Crippen molar-refractivity contribution in [1.29, 1.82) is 5.26 Å². The third-order valence-electron chi connectivity index (χ3n) is 7.88. The Hall–Kier alpha value is -3.00. The summed E-state index contributed by atoms with van der Waals surface area (Å²) < 4.78 is 5.37. The average molecular weight is 505 g/mol. The van der Waals surface area contributed by atoms with Crippen LogP contribution >= 0.6 is 23.2 Å². The molecule has 1 heterocycles. The molecule has 35 heavy (non-hydrogen) atoms. The van der Waals surface area contributed by atoms with Gasteiger partial charge in [0.15, 0.2) is 0 Å². The first-order valence-electron chi connectivity index (χ1n) is 11.8. The van der Waals surface area contributed by atoms with Crippen LogP contribution in [-0.4, -0.2) is 19.6 Å². The highest BCUT2D eigenvalue weighted by Crippen LogP contribution is 2.58. The Labute approximate surface area is 215 Å². The number of methoxy groups -OCH3 is 1. The number of hydrogen-bond acceptors (Lipinski definition) is 3. The molecule has 0 aromatic heterocycles. The Bertz CT molecular complexity index is 1280. The lowest BCUT2D eigenvalue weighted by Crippen LogP contribution is -2.44. The van der Waals surface area contributed by atoms with Crippen LogP contribution < -0.4 is 10.1 Å². The summed E-state index contributed by atoms with van der Waals surface area (Å²) in [4.78, 5) is 13.5. The maximum atomic E-state index is 13.5. The van der Waals surface area contributed by atoms with Gasteiger partial charge in [0, 0.05) is 16.6 Å². The minimum Gasteiger partial charge on any atom is -0.497 e. The number of rotatable bonds is 5. The number of ether oxygens (including phenoxy) is 1. The molecule has 0 spiro atoms. The molecule has 3 aromatic rings. The van der Waals surface area contributed by atoms with E-state index in [4.69, 9.17) is 27.9 Å². The largest absolute Gasteiger partial charge is 0.497 e. The zero-order valence-corrected chi connectivity index (χ0v) is 20.9. The molecular weight excluding hydrogens is 479 g/mol. The molecule has 6 heteroatoms. The Morgan fingerprint density at radius 1 is 1.09 bits per heavy atom. The minimum atomic E-state index is -0.520. The lowest BCUT2D eigenvalue weighted by molar-refractivity contribution is -0.131. The van der Waals surface area contributed by atoms with E-state index in [1.807, 2.05) is 48.5 Å². The van der Waals surface area contributed by atoms with Crippen LogP contribution in [0.5, 0.6) is 5.75 Å². The van der Waals surface area contributed by atoms with E-state index in [1.165, 1.54) is 0 Å². The van der Waals surface area contributed by atoms with Crippen molar-refractivity contribution < 1.29 is 9.53 Å². The molecular formula is C29H26Cl2N2O2. The molecule has 4 nitrogen and oxygen atoms in total. The SMILES string of the molecule is COc1ccc(C2CCC3(Cc4ccc(C#N)cc4)C(=O)NCC3C2c2ccc(Cl)cc2)c(Cl)c1. The van der Waals surface area contributed by atoms with Crippen molar-refractivity contribution in [3.05, 3.63) is 99.0 Å². The van der Waals surface area contributed by atoms with E-state index >= 15 is 0 Å². The van der Waals surface area contributed by atoms with E-state index in [0.717, 1.165) is 35.3 Å². The van der Waals surface area contributed by atoms with Gasteiger partial charge in [-0.25, -0.2) is 0 Å². The molecule has 1 aliphatic heterocycles. The van der Waals surface area contributed by atoms with Crippen LogP contribution in [0.15, 0.2) is 66.7 Å². The van der Waals surface area contributed by atoms with Gasteiger partial charge in [-0.1, -0.05) is 53.5 Å². The van der Waals surface area contributed by atoms with Gasteiger partial charge in [0.05, 0.1) is 24.2 Å². The maximum absolute atomic E-state index is 13.5. The second-order valence-corrected chi connectivity index (χ2v) is 10.4. The summed E-state index contributed by atoms with van der Waals surface area (Å²) in [6.07, 6.45) is 2.24. The molecule has 1 saturated heterocycles. The monoisotopic (exact) mass is 504 g/mol. The van der Waals surface area contributed by atoms with E-state index in [1.54, 1.807) is 7.11 Å². The number of carbonyl (C=O) groups is 1. The number of halogens is 2. The fourth-order valence-electron chi connectivity index (χ4n) is 6.18. The number of nitrogens with one attached hydrogen (secondary N) is 1. The Kier molecular flexibility index (Phi) is 6.49. The summed E-state index contributed by atoms with van der Waals surface area (Å²) in [6, 6.07) is 23.7. The average Bonchev–Trinajstić information content (AvgIpc) is 3.20. The van der Waals surface area contributed by atoms with Crippen molar-refractivity contribution in [3.8, 4) is 11.8 Å². The molecule has 4 atom stereocenters. The number of nitriles is 1. The molecule has 2 fully saturated rings. The molecule has 0 bridgehead atoms. The van der Waals surface area contributed by atoms with Gasteiger partial charge in [0.2, 0.25) is 5.91 Å². The van der Waals surface area contributed by atoms with Crippen LogP contribution in [0.3, 0.4) is 0 Å². The van der Waals surface area contributed by atoms with Crippen molar-refractivity contribution in [2.75, 3.05) is 13.7 Å². The molecule has 3 aromatic carbocycles. The number of benzene rings is 3. The summed E-state index contributed by atoms with van der Waals surface area (Å²) in [6.45, 7) is 0.618. The fraction of sp³-hybridized carbons (Fsp3) is 0.310. The first-order chi connectivity index (χ1) is 16.9. The first-order valence-corrected chi connectivity index (χ1v) is 12.6. The van der Waals surface area contributed by atoms with Gasteiger partial charge in [-0.2, -0.15) is 5.26 Å². The molecule has 2 aliphatic rings. The summed E-state index contributed by atoms with van der Waals surface area (Å²) in [5.74, 6) is 1.17. The van der Waals surface area contributed by atoms with Gasteiger partial charge in [0.1, 0.15) is 5.75 Å². The number of amides is 1. The summed E-state index contributed by atoms with van der Waals surface area (Å²) in [7, 11) is 1.63. The third-order valence-corrected chi connectivity index (χ3v) is 8.46. The molecule has 1 N–H and O–H groups in total. The van der Waals surface area contributed by atoms with Crippen LogP contribution in [0.2, 0.25) is 10.0 Å². The highest BCUT2D eigenvalue weighted by Gasteiger charge is 2.57. The first kappa shape index (κ1) is 23.7. The molecule has 1 amide bonds. The van der Waals surface area contributed by atoms with Gasteiger partial charge in [0.25, 0.3) is 0 Å². The smallest absolute Gasteiger partial charge is 0.226 e. The Morgan fingerprint density at radius 3 is 2.49 bits per heavy atom. The lowest BCUT2D eigenvalue weighted by atomic mass is 9.55. The Balaban J connectivity index is 1.58. The zero-order valence-electron chi connectivity index (χ0n) is 19.4. The number of carbonyl (C=O) groups excluding carboxylic acids is 1. The van der Waals surface area contributed by atoms with Crippen molar-refractivity contribution in [1.82, 2.24) is 5.32 Å². The van der Waals surface area contributed by atoms with Gasteiger partial charge >= 0.3 is 0 Å². The molecule has 4 unspecified atom stereocenters. The van der Waals surface area contributed by atoms with Crippen molar-refractivity contribution in [2.45, 2.75) is 31.1 Å². The topological polar surface area (TPSA) is 62.1 Å². The molecule has 1 saturated carbocycles. The fourth-order valence-corrected chi connectivity index (χ4v) is 6.62. The molecule has 178 valence electrons. The van der Waals surface area contributed by atoms with Crippen molar-refractivity contribution in [2.24, 2.45) is 11.3 Å². The second kappa shape index (κ2) is 9.57. The van der Waals surface area contributed by atoms with Crippen LogP contribution in [-0.2, 0) is 11.2 Å². The van der Waals surface area contributed by atoms with E-state index < -0.39 is 5.41 Å². The van der Waals surface area contributed by atoms with E-state index in [-0.39, 0.29) is 23.7 Å². The number of nitrogens with zero attached hydrogens (tertiary/aromatic N) is 1. The van der Waals surface area contributed by atoms with E-state index in [2.05, 4.69) is 29.6 Å². The van der Waals surface area contributed by atoms with Crippen molar-refractivity contribution in [3.63, 3.8) is 0 Å². The maximum Gasteiger partial charge on any atom is 0.226 e. The van der Waals surface area contributed by atoms with Crippen LogP contribution in [0.1, 0.15) is 46.9 Å². The van der Waals surface area contributed by atoms with Crippen molar-refractivity contribution >= 4 is 29.1 Å². The molecule has 1 aliphatic carbocycles. The standard InChI is InChI=1S/C29H26Cl2N2O2/c1-35-22-10-11-23(26(31)14-22)24-12-13-29(15-18-2-4-19(16-32)5-3-18)25(17-33-28(29)34)27(24)20-6-8-21(30)9-7-20/h2-11,14,24-25,27H,12-13,15,17H2,1H3,(H,33,34). The normalized spacial score (nSPS) is 25.4. The summed E-state index contributed by atoms with van der Waals surface area (Å²) in [5.41, 5.74) is 3.42. The highest BCUT2D eigenvalue weighted by molar-refractivity contribution is 6.31. The molecule has 0 radical (unpaired) electrons. The predicted octanol–water partition coefficient (Wildman–Crippen LogP) is 6.51. The lowest BCUT2D eigenvalue weighted by Gasteiger charge is -2.47. The van der Waals surface area contributed by atoms with E-state index in [0.29, 0.717) is 28.6 Å². The Morgan fingerprint density at radius 2 is 1.83 bits per heavy atom. The predicted molar refractivity (Wildman–Crippen MR) is 138 cm³/mol. The van der Waals surface area contributed by atoms with Gasteiger partial charge < -0.3 is 10.1 Å².